The number of hydrogen-bond donors (Lipinski definition) is 1. The van der Waals surface area contributed by atoms with E-state index in [2.05, 4.69) is 63.8 Å². The fourth-order valence-corrected chi connectivity index (χ4v) is 3.07. The molecule has 0 aliphatic carbocycles. The van der Waals surface area contributed by atoms with Crippen molar-refractivity contribution in [2.24, 2.45) is 11.8 Å². The maximum absolute atomic E-state index is 10.5. The van der Waals surface area contributed by atoms with Gasteiger partial charge in [-0.3, -0.25) is 0 Å². The molecule has 0 aromatic heterocycles. The minimum atomic E-state index is -0.375. The summed E-state index contributed by atoms with van der Waals surface area (Å²) in [5.41, 5.74) is 2.52. The van der Waals surface area contributed by atoms with Crippen molar-refractivity contribution in [1.29, 1.82) is 0 Å². The number of β-amino-alcohol motifs (C(OH)–C–C–N with tert-alkyl or cyclic N) is 1. The van der Waals surface area contributed by atoms with E-state index in [0.717, 1.165) is 37.0 Å². The van der Waals surface area contributed by atoms with Gasteiger partial charge in [0, 0.05) is 13.1 Å². The summed E-state index contributed by atoms with van der Waals surface area (Å²) in [4.78, 5) is 2.41. The second-order valence-electron chi connectivity index (χ2n) is 7.89. The van der Waals surface area contributed by atoms with Crippen LogP contribution < -0.4 is 0 Å². The molecule has 1 aromatic carbocycles. The Balaban J connectivity index is 1.96. The van der Waals surface area contributed by atoms with Crippen molar-refractivity contribution in [1.82, 2.24) is 4.90 Å². The quantitative estimate of drug-likeness (QED) is 0.909. The topological polar surface area (TPSA) is 23.5 Å². The third-order valence-corrected chi connectivity index (χ3v) is 5.01. The van der Waals surface area contributed by atoms with Crippen LogP contribution in [0.5, 0.6) is 0 Å². The molecule has 0 saturated carbocycles. The van der Waals surface area contributed by atoms with Crippen LogP contribution in [0.15, 0.2) is 24.3 Å². The van der Waals surface area contributed by atoms with Gasteiger partial charge in [-0.05, 0) is 41.3 Å². The molecule has 118 valence electrons. The first-order valence-electron chi connectivity index (χ1n) is 8.28. The molecule has 1 aliphatic heterocycles. The van der Waals surface area contributed by atoms with Gasteiger partial charge in [-0.15, -0.1) is 0 Å². The van der Waals surface area contributed by atoms with E-state index < -0.39 is 0 Å². The van der Waals surface area contributed by atoms with E-state index in [-0.39, 0.29) is 11.5 Å². The van der Waals surface area contributed by atoms with Crippen LogP contribution in [0.3, 0.4) is 0 Å². The second-order valence-corrected chi connectivity index (χ2v) is 7.89. The average molecular weight is 289 g/mol. The van der Waals surface area contributed by atoms with Crippen LogP contribution >= 0.6 is 0 Å². The Morgan fingerprint density at radius 2 is 1.76 bits per heavy atom. The Bertz CT molecular complexity index is 446. The van der Waals surface area contributed by atoms with Gasteiger partial charge in [0.25, 0.3) is 0 Å². The Labute approximate surface area is 130 Å². The molecule has 1 heterocycles. The molecule has 0 spiro atoms. The van der Waals surface area contributed by atoms with Gasteiger partial charge < -0.3 is 10.0 Å². The summed E-state index contributed by atoms with van der Waals surface area (Å²) in [6.07, 6.45) is 0.872. The summed E-state index contributed by atoms with van der Waals surface area (Å²) in [5.74, 6) is 1.54. The van der Waals surface area contributed by atoms with Gasteiger partial charge in [-0.25, -0.2) is 0 Å². The van der Waals surface area contributed by atoms with Crippen LogP contribution in [0.25, 0.3) is 0 Å². The number of hydrogen-bond acceptors (Lipinski definition) is 2. The molecule has 21 heavy (non-hydrogen) atoms. The highest BCUT2D eigenvalue weighted by Crippen LogP contribution is 2.26. The normalized spacial score (nSPS) is 25.8. The van der Waals surface area contributed by atoms with Gasteiger partial charge in [-0.1, -0.05) is 58.9 Å². The molecule has 2 nitrogen and oxygen atoms in total. The van der Waals surface area contributed by atoms with Crippen molar-refractivity contribution in [3.63, 3.8) is 0 Å². The number of nitrogens with zero attached hydrogens (tertiary/aromatic N) is 1. The summed E-state index contributed by atoms with van der Waals surface area (Å²) >= 11 is 0. The van der Waals surface area contributed by atoms with Crippen molar-refractivity contribution in [3.05, 3.63) is 35.4 Å². The smallest absolute Gasteiger partial charge is 0.0916 e. The Morgan fingerprint density at radius 1 is 1.14 bits per heavy atom. The van der Waals surface area contributed by atoms with Gasteiger partial charge in [0.2, 0.25) is 0 Å². The number of piperidine rings is 1. The lowest BCUT2D eigenvalue weighted by atomic mass is 9.86. The number of likely N-dealkylation sites (tertiary alicyclic amines) is 1. The molecule has 1 saturated heterocycles. The van der Waals surface area contributed by atoms with Crippen molar-refractivity contribution in [3.8, 4) is 0 Å². The first-order chi connectivity index (χ1) is 9.77. The third-order valence-electron chi connectivity index (χ3n) is 5.01. The highest BCUT2D eigenvalue weighted by molar-refractivity contribution is 5.28. The molecule has 1 N–H and O–H groups in total. The molecule has 0 amide bonds. The lowest BCUT2D eigenvalue weighted by molar-refractivity contribution is 0.0705. The predicted octanol–water partition coefficient (Wildman–Crippen LogP) is 4.00. The molecule has 2 heteroatoms. The zero-order valence-electron chi connectivity index (χ0n) is 14.3. The number of aliphatic hydroxyl groups excluding tert-OH is 1. The first kappa shape index (κ1) is 16.5. The van der Waals surface area contributed by atoms with E-state index in [9.17, 15) is 5.11 Å². The van der Waals surface area contributed by atoms with Crippen LogP contribution in [0, 0.1) is 11.8 Å². The average Bonchev–Trinajstić information content (AvgIpc) is 2.42. The molecule has 1 aromatic rings. The lowest BCUT2D eigenvalue weighted by Crippen LogP contribution is -2.40. The molecule has 1 fully saturated rings. The van der Waals surface area contributed by atoms with Gasteiger partial charge >= 0.3 is 0 Å². The highest BCUT2D eigenvalue weighted by Gasteiger charge is 2.24. The van der Waals surface area contributed by atoms with E-state index in [4.69, 9.17) is 0 Å². The zero-order valence-corrected chi connectivity index (χ0v) is 14.3. The van der Waals surface area contributed by atoms with Crippen LogP contribution in [0.2, 0.25) is 0 Å². The van der Waals surface area contributed by atoms with Gasteiger partial charge in [-0.2, -0.15) is 0 Å². The van der Waals surface area contributed by atoms with E-state index in [1.165, 1.54) is 12.0 Å². The maximum Gasteiger partial charge on any atom is 0.0916 e. The van der Waals surface area contributed by atoms with Crippen molar-refractivity contribution < 1.29 is 5.11 Å². The minimum Gasteiger partial charge on any atom is -0.387 e. The highest BCUT2D eigenvalue weighted by atomic mass is 16.3. The van der Waals surface area contributed by atoms with Crippen molar-refractivity contribution >= 4 is 0 Å². The largest absolute Gasteiger partial charge is 0.387 e. The molecular weight excluding hydrogens is 258 g/mol. The summed E-state index contributed by atoms with van der Waals surface area (Å²) in [7, 11) is 0. The molecule has 0 radical (unpaired) electrons. The minimum absolute atomic E-state index is 0.169. The third kappa shape index (κ3) is 4.31. The number of aliphatic hydroxyl groups is 1. The molecule has 3 unspecified atom stereocenters. The second kappa shape index (κ2) is 6.50. The van der Waals surface area contributed by atoms with E-state index >= 15 is 0 Å². The van der Waals surface area contributed by atoms with Gasteiger partial charge in [0.05, 0.1) is 6.10 Å². The van der Waals surface area contributed by atoms with E-state index in [1.54, 1.807) is 0 Å². The monoisotopic (exact) mass is 289 g/mol. The predicted molar refractivity (Wildman–Crippen MR) is 89.5 cm³/mol. The Hall–Kier alpha value is -0.860. The molecule has 3 atom stereocenters. The molecule has 1 aliphatic rings. The maximum atomic E-state index is 10.5. The fraction of sp³-hybridized carbons (Fsp3) is 0.684. The van der Waals surface area contributed by atoms with Crippen molar-refractivity contribution in [2.75, 3.05) is 19.6 Å². The number of benzene rings is 1. The fourth-order valence-electron chi connectivity index (χ4n) is 3.07. The van der Waals surface area contributed by atoms with Gasteiger partial charge in [0.1, 0.15) is 0 Å². The standard InChI is InChI=1S/C19H31NO/c1-14-10-11-20(12-15(14)2)13-18(21)16-6-8-17(9-7-16)19(3,4)5/h6-9,14-15,18,21H,10-13H2,1-5H3. The SMILES string of the molecule is CC1CCN(CC(O)c2ccc(C(C)(C)C)cc2)CC1C. The number of rotatable bonds is 3. The first-order valence-corrected chi connectivity index (χ1v) is 8.28. The Kier molecular flexibility index (Phi) is 5.11. The Morgan fingerprint density at radius 3 is 2.29 bits per heavy atom. The van der Waals surface area contributed by atoms with Crippen LogP contribution in [0.4, 0.5) is 0 Å². The zero-order chi connectivity index (χ0) is 15.6. The van der Waals surface area contributed by atoms with Gasteiger partial charge in [0.15, 0.2) is 0 Å². The lowest BCUT2D eigenvalue weighted by Gasteiger charge is -2.36. The van der Waals surface area contributed by atoms with Crippen LogP contribution in [-0.2, 0) is 5.41 Å². The van der Waals surface area contributed by atoms with Crippen LogP contribution in [-0.4, -0.2) is 29.6 Å². The summed E-state index contributed by atoms with van der Waals surface area (Å²) in [6, 6.07) is 8.47. The summed E-state index contributed by atoms with van der Waals surface area (Å²) < 4.78 is 0. The molecule has 0 bridgehead atoms. The van der Waals surface area contributed by atoms with Crippen molar-refractivity contribution in [2.45, 2.75) is 52.6 Å². The summed E-state index contributed by atoms with van der Waals surface area (Å²) in [5, 5.41) is 10.5. The summed E-state index contributed by atoms with van der Waals surface area (Å²) in [6.45, 7) is 14.3. The van der Waals surface area contributed by atoms with Crippen LogP contribution in [0.1, 0.15) is 58.3 Å². The molecule has 2 rings (SSSR count). The van der Waals surface area contributed by atoms with E-state index in [0.29, 0.717) is 0 Å². The van der Waals surface area contributed by atoms with E-state index in [1.807, 2.05) is 0 Å². The molecular formula is C19H31NO.